The first-order chi connectivity index (χ1) is 12.5. The van der Waals surface area contributed by atoms with Gasteiger partial charge in [-0.3, -0.25) is 9.59 Å². The number of amides is 2. The molecule has 0 bridgehead atoms. The second kappa shape index (κ2) is 9.97. The molecule has 0 aliphatic heterocycles. The average molecular weight is 374 g/mol. The number of halogens is 1. The van der Waals surface area contributed by atoms with Crippen LogP contribution in [0.2, 0.25) is 0 Å². The number of carbonyl (C=O) groups is 2. The van der Waals surface area contributed by atoms with E-state index in [1.165, 1.54) is 23.9 Å². The van der Waals surface area contributed by atoms with Gasteiger partial charge in [-0.25, -0.2) is 4.39 Å². The number of nitrogens with one attached hydrogen (secondary N) is 1. The third kappa shape index (κ3) is 6.19. The number of thioether (sulfide) groups is 1. The maximum absolute atomic E-state index is 12.9. The summed E-state index contributed by atoms with van der Waals surface area (Å²) in [4.78, 5) is 27.3. The second-order valence-corrected chi connectivity index (χ2v) is 7.24. The van der Waals surface area contributed by atoms with E-state index >= 15 is 0 Å². The van der Waals surface area contributed by atoms with Crippen molar-refractivity contribution in [2.45, 2.75) is 30.5 Å². The van der Waals surface area contributed by atoms with Gasteiger partial charge in [0.05, 0.1) is 11.8 Å². The lowest BCUT2D eigenvalue weighted by Crippen LogP contribution is -2.43. The van der Waals surface area contributed by atoms with Gasteiger partial charge >= 0.3 is 0 Å². The Morgan fingerprint density at radius 2 is 1.77 bits per heavy atom. The highest BCUT2D eigenvalue weighted by Gasteiger charge is 2.22. The van der Waals surface area contributed by atoms with E-state index < -0.39 is 0 Å². The molecule has 6 heteroatoms. The Morgan fingerprint density at radius 1 is 1.12 bits per heavy atom. The molecule has 1 N–H and O–H groups in total. The molecule has 1 atom stereocenters. The van der Waals surface area contributed by atoms with Crippen LogP contribution in [0.1, 0.15) is 19.4 Å². The fraction of sp³-hybridized carbons (Fsp3) is 0.300. The van der Waals surface area contributed by atoms with Gasteiger partial charge in [-0.2, -0.15) is 0 Å². The molecule has 2 aromatic carbocycles. The van der Waals surface area contributed by atoms with Crippen LogP contribution >= 0.6 is 11.8 Å². The van der Waals surface area contributed by atoms with E-state index in [0.717, 1.165) is 10.5 Å². The highest BCUT2D eigenvalue weighted by atomic mass is 32.2. The monoisotopic (exact) mass is 374 g/mol. The molecule has 0 saturated carbocycles. The maximum Gasteiger partial charge on any atom is 0.239 e. The lowest BCUT2D eigenvalue weighted by atomic mass is 10.2. The van der Waals surface area contributed by atoms with Gasteiger partial charge in [0.15, 0.2) is 0 Å². The lowest BCUT2D eigenvalue weighted by Gasteiger charge is -2.23. The molecule has 0 aliphatic rings. The maximum atomic E-state index is 12.9. The van der Waals surface area contributed by atoms with Crippen molar-refractivity contribution < 1.29 is 14.0 Å². The van der Waals surface area contributed by atoms with Crippen molar-refractivity contribution in [2.24, 2.45) is 0 Å². The molecule has 0 aromatic heterocycles. The summed E-state index contributed by atoms with van der Waals surface area (Å²) in [6, 6.07) is 15.7. The summed E-state index contributed by atoms with van der Waals surface area (Å²) in [5, 5.41) is 2.49. The summed E-state index contributed by atoms with van der Waals surface area (Å²) < 4.78 is 12.9. The smallest absolute Gasteiger partial charge is 0.239 e. The Kier molecular flexibility index (Phi) is 7.66. The van der Waals surface area contributed by atoms with Crippen molar-refractivity contribution in [2.75, 3.05) is 13.1 Å². The SMILES string of the molecule is CCN(CC(=O)NCc1ccc(F)cc1)C(=O)[C@@H](C)Sc1ccccc1. The van der Waals surface area contributed by atoms with E-state index in [4.69, 9.17) is 0 Å². The van der Waals surface area contributed by atoms with Crippen LogP contribution in [0.25, 0.3) is 0 Å². The van der Waals surface area contributed by atoms with E-state index in [2.05, 4.69) is 5.32 Å². The summed E-state index contributed by atoms with van der Waals surface area (Å²) in [5.74, 6) is -0.618. The molecule has 0 radical (unpaired) electrons. The predicted molar refractivity (Wildman–Crippen MR) is 102 cm³/mol. The first-order valence-electron chi connectivity index (χ1n) is 8.51. The van der Waals surface area contributed by atoms with E-state index in [9.17, 15) is 14.0 Å². The van der Waals surface area contributed by atoms with Gasteiger partial charge in [-0.1, -0.05) is 30.3 Å². The van der Waals surface area contributed by atoms with E-state index in [1.807, 2.05) is 44.2 Å². The summed E-state index contributed by atoms with van der Waals surface area (Å²) in [7, 11) is 0. The molecule has 2 aromatic rings. The van der Waals surface area contributed by atoms with Gasteiger partial charge in [0.25, 0.3) is 0 Å². The Balaban J connectivity index is 1.85. The zero-order valence-electron chi connectivity index (χ0n) is 14.9. The Bertz CT molecular complexity index is 722. The standard InChI is InChI=1S/C20H23FN2O2S/c1-3-23(20(25)15(2)26-18-7-5-4-6-8-18)14-19(24)22-13-16-9-11-17(21)12-10-16/h4-12,15H,3,13-14H2,1-2H3,(H,22,24)/t15-/m1/s1. The lowest BCUT2D eigenvalue weighted by molar-refractivity contribution is -0.135. The van der Waals surface area contributed by atoms with Crippen LogP contribution in [-0.4, -0.2) is 35.1 Å². The van der Waals surface area contributed by atoms with E-state index in [-0.39, 0.29) is 29.4 Å². The predicted octanol–water partition coefficient (Wildman–Crippen LogP) is 3.47. The van der Waals surface area contributed by atoms with Crippen LogP contribution in [0.15, 0.2) is 59.5 Å². The third-order valence-electron chi connectivity index (χ3n) is 3.83. The first-order valence-corrected chi connectivity index (χ1v) is 9.39. The third-order valence-corrected chi connectivity index (χ3v) is 4.93. The normalized spacial score (nSPS) is 11.7. The van der Waals surface area contributed by atoms with Crippen molar-refractivity contribution in [3.63, 3.8) is 0 Å². The highest BCUT2D eigenvalue weighted by Crippen LogP contribution is 2.23. The number of rotatable bonds is 8. The van der Waals surface area contributed by atoms with Crippen LogP contribution in [-0.2, 0) is 16.1 Å². The van der Waals surface area contributed by atoms with Crippen LogP contribution in [0.5, 0.6) is 0 Å². The molecule has 2 rings (SSSR count). The topological polar surface area (TPSA) is 49.4 Å². The van der Waals surface area contributed by atoms with Crippen molar-refractivity contribution >= 4 is 23.6 Å². The molecule has 0 heterocycles. The molecular formula is C20H23FN2O2S. The zero-order chi connectivity index (χ0) is 18.9. The molecule has 0 saturated heterocycles. The summed E-state index contributed by atoms with van der Waals surface area (Å²) in [6.45, 7) is 4.47. The largest absolute Gasteiger partial charge is 0.350 e. The highest BCUT2D eigenvalue weighted by molar-refractivity contribution is 8.00. The van der Waals surface area contributed by atoms with Crippen molar-refractivity contribution in [1.82, 2.24) is 10.2 Å². The second-order valence-electron chi connectivity index (χ2n) is 5.83. The number of hydrogen-bond donors (Lipinski definition) is 1. The van der Waals surface area contributed by atoms with Gasteiger partial charge in [-0.15, -0.1) is 11.8 Å². The molecule has 0 aliphatic carbocycles. The Hall–Kier alpha value is -2.34. The van der Waals surface area contributed by atoms with Crippen LogP contribution < -0.4 is 5.32 Å². The molecule has 2 amide bonds. The molecule has 0 spiro atoms. The quantitative estimate of drug-likeness (QED) is 0.720. The zero-order valence-corrected chi connectivity index (χ0v) is 15.8. The average Bonchev–Trinajstić information content (AvgIpc) is 2.66. The van der Waals surface area contributed by atoms with Crippen molar-refractivity contribution in [3.05, 3.63) is 66.0 Å². The summed E-state index contributed by atoms with van der Waals surface area (Å²) in [6.07, 6.45) is 0. The first kappa shape index (κ1) is 20.0. The van der Waals surface area contributed by atoms with E-state index in [0.29, 0.717) is 13.1 Å². The summed E-state index contributed by atoms with van der Waals surface area (Å²) >= 11 is 1.48. The number of likely N-dealkylation sites (N-methyl/N-ethyl adjacent to an activating group) is 1. The fourth-order valence-electron chi connectivity index (χ4n) is 2.39. The molecular weight excluding hydrogens is 351 g/mol. The summed E-state index contributed by atoms with van der Waals surface area (Å²) in [5.41, 5.74) is 0.808. The van der Waals surface area contributed by atoms with Gasteiger partial charge in [0.1, 0.15) is 5.82 Å². The Morgan fingerprint density at radius 3 is 2.38 bits per heavy atom. The number of nitrogens with zero attached hydrogens (tertiary/aromatic N) is 1. The van der Waals surface area contributed by atoms with Gasteiger partial charge in [0.2, 0.25) is 11.8 Å². The van der Waals surface area contributed by atoms with Gasteiger partial charge < -0.3 is 10.2 Å². The number of benzene rings is 2. The molecule has 0 unspecified atom stereocenters. The van der Waals surface area contributed by atoms with Crippen LogP contribution in [0, 0.1) is 5.82 Å². The molecule has 4 nitrogen and oxygen atoms in total. The van der Waals surface area contributed by atoms with Crippen molar-refractivity contribution in [3.8, 4) is 0 Å². The van der Waals surface area contributed by atoms with Gasteiger partial charge in [0, 0.05) is 18.0 Å². The molecule has 138 valence electrons. The van der Waals surface area contributed by atoms with Gasteiger partial charge in [-0.05, 0) is 43.7 Å². The number of hydrogen-bond acceptors (Lipinski definition) is 3. The number of carbonyl (C=O) groups excluding carboxylic acids is 2. The van der Waals surface area contributed by atoms with E-state index in [1.54, 1.807) is 17.0 Å². The van der Waals surface area contributed by atoms with Crippen LogP contribution in [0.3, 0.4) is 0 Å². The van der Waals surface area contributed by atoms with Crippen LogP contribution in [0.4, 0.5) is 4.39 Å². The minimum Gasteiger partial charge on any atom is -0.350 e. The minimum absolute atomic E-state index is 0.0101. The fourth-order valence-corrected chi connectivity index (χ4v) is 3.36. The molecule has 0 fully saturated rings. The Labute approximate surface area is 157 Å². The minimum atomic E-state index is -0.312. The molecule has 26 heavy (non-hydrogen) atoms. The van der Waals surface area contributed by atoms with Crippen molar-refractivity contribution in [1.29, 1.82) is 0 Å².